The van der Waals surface area contributed by atoms with Gasteiger partial charge in [0.05, 0.1) is 17.1 Å². The minimum absolute atomic E-state index is 0.0233. The maximum atomic E-state index is 12.1. The second kappa shape index (κ2) is 7.02. The van der Waals surface area contributed by atoms with Gasteiger partial charge in [0.2, 0.25) is 10.0 Å². The molecule has 0 bridgehead atoms. The number of hydrogen-bond donors (Lipinski definition) is 1. The van der Waals surface area contributed by atoms with Gasteiger partial charge >= 0.3 is 5.97 Å². The average molecular weight is 315 g/mol. The maximum Gasteiger partial charge on any atom is 0.338 e. The Labute approximate surface area is 125 Å². The van der Waals surface area contributed by atoms with E-state index in [-0.39, 0.29) is 17.1 Å². The lowest BCUT2D eigenvalue weighted by Gasteiger charge is -2.15. The summed E-state index contributed by atoms with van der Waals surface area (Å²) in [5.41, 5.74) is 1.72. The van der Waals surface area contributed by atoms with E-state index < -0.39 is 16.0 Å². The molecule has 0 unspecified atom stereocenters. The van der Waals surface area contributed by atoms with Crippen molar-refractivity contribution in [3.8, 4) is 0 Å². The van der Waals surface area contributed by atoms with Crippen LogP contribution in [0.25, 0.3) is 0 Å². The van der Waals surface area contributed by atoms with Crippen molar-refractivity contribution < 1.29 is 22.7 Å². The van der Waals surface area contributed by atoms with E-state index in [2.05, 4.69) is 0 Å². The molecule has 0 saturated carbocycles. The molecule has 0 radical (unpaired) electrons. The number of ether oxygens (including phenoxy) is 2. The number of sulfonamides is 1. The minimum atomic E-state index is -3.90. The third-order valence-corrected chi connectivity index (χ3v) is 4.25. The Morgan fingerprint density at radius 1 is 1.19 bits per heavy atom. The van der Waals surface area contributed by atoms with E-state index in [4.69, 9.17) is 14.6 Å². The molecule has 0 spiro atoms. The molecule has 0 aromatic heterocycles. The molecule has 0 heterocycles. The average Bonchev–Trinajstić information content (AvgIpc) is 2.32. The molecular formula is C14H21NO5S. The van der Waals surface area contributed by atoms with E-state index in [0.29, 0.717) is 29.9 Å². The first-order valence-electron chi connectivity index (χ1n) is 6.58. The van der Waals surface area contributed by atoms with Crippen molar-refractivity contribution in [1.29, 1.82) is 0 Å². The number of hydrogen-bond acceptors (Lipinski definition) is 5. The molecule has 0 atom stereocenters. The van der Waals surface area contributed by atoms with Crippen LogP contribution >= 0.6 is 0 Å². The number of carbonyl (C=O) groups is 1. The Hall–Kier alpha value is -1.44. The SMILES string of the molecule is CCOCCOC(=O)c1c(C)cc(C)c(S(N)(=O)=O)c1C. The summed E-state index contributed by atoms with van der Waals surface area (Å²) in [6.07, 6.45) is 0. The van der Waals surface area contributed by atoms with Gasteiger partial charge in [-0.25, -0.2) is 18.4 Å². The quantitative estimate of drug-likeness (QED) is 0.633. The number of carbonyl (C=O) groups excluding carboxylic acids is 1. The number of nitrogens with two attached hydrogens (primary N) is 1. The third-order valence-electron chi connectivity index (χ3n) is 3.05. The van der Waals surface area contributed by atoms with Gasteiger partial charge in [0, 0.05) is 6.61 Å². The molecule has 1 aromatic carbocycles. The topological polar surface area (TPSA) is 95.7 Å². The summed E-state index contributed by atoms with van der Waals surface area (Å²) in [5, 5.41) is 5.22. The summed E-state index contributed by atoms with van der Waals surface area (Å²) in [7, 11) is -3.90. The summed E-state index contributed by atoms with van der Waals surface area (Å²) < 4.78 is 33.5. The van der Waals surface area contributed by atoms with Crippen LogP contribution in [0.4, 0.5) is 0 Å². The molecule has 0 saturated heterocycles. The summed E-state index contributed by atoms with van der Waals surface area (Å²) in [6, 6.07) is 1.62. The largest absolute Gasteiger partial charge is 0.460 e. The first-order valence-corrected chi connectivity index (χ1v) is 8.13. The molecule has 2 N–H and O–H groups in total. The smallest absolute Gasteiger partial charge is 0.338 e. The molecule has 0 aliphatic carbocycles. The fourth-order valence-corrected chi connectivity index (χ4v) is 3.37. The highest BCUT2D eigenvalue weighted by molar-refractivity contribution is 7.89. The number of rotatable bonds is 6. The lowest BCUT2D eigenvalue weighted by atomic mass is 10.00. The van der Waals surface area contributed by atoms with Crippen LogP contribution < -0.4 is 5.14 Å². The van der Waals surface area contributed by atoms with Gasteiger partial charge in [-0.1, -0.05) is 6.07 Å². The van der Waals surface area contributed by atoms with E-state index >= 15 is 0 Å². The summed E-state index contributed by atoms with van der Waals surface area (Å²) >= 11 is 0. The van der Waals surface area contributed by atoms with Crippen LogP contribution in [-0.4, -0.2) is 34.2 Å². The van der Waals surface area contributed by atoms with Gasteiger partial charge in [0.15, 0.2) is 0 Å². The Morgan fingerprint density at radius 2 is 1.81 bits per heavy atom. The van der Waals surface area contributed by atoms with Crippen LogP contribution in [0.5, 0.6) is 0 Å². The highest BCUT2D eigenvalue weighted by atomic mass is 32.2. The van der Waals surface area contributed by atoms with Crippen LogP contribution in [0.1, 0.15) is 34.0 Å². The lowest BCUT2D eigenvalue weighted by molar-refractivity contribution is 0.0333. The van der Waals surface area contributed by atoms with E-state index in [0.717, 1.165) is 0 Å². The fourth-order valence-electron chi connectivity index (χ4n) is 2.33. The molecule has 1 rings (SSSR count). The second-order valence-electron chi connectivity index (χ2n) is 4.72. The molecule has 1 aromatic rings. The summed E-state index contributed by atoms with van der Waals surface area (Å²) in [6.45, 7) is 7.72. The van der Waals surface area contributed by atoms with Gasteiger partial charge in [-0.05, 0) is 44.4 Å². The van der Waals surface area contributed by atoms with Gasteiger partial charge in [-0.3, -0.25) is 0 Å². The number of primary sulfonamides is 1. The first-order chi connectivity index (χ1) is 9.70. The van der Waals surface area contributed by atoms with Crippen LogP contribution in [0.3, 0.4) is 0 Å². The highest BCUT2D eigenvalue weighted by Gasteiger charge is 2.23. The van der Waals surface area contributed by atoms with E-state index in [1.807, 2.05) is 6.92 Å². The molecule has 0 aliphatic heterocycles. The fraction of sp³-hybridized carbons (Fsp3) is 0.500. The van der Waals surface area contributed by atoms with Crippen molar-refractivity contribution in [2.45, 2.75) is 32.6 Å². The van der Waals surface area contributed by atoms with Crippen molar-refractivity contribution in [2.24, 2.45) is 5.14 Å². The van der Waals surface area contributed by atoms with E-state index in [1.54, 1.807) is 26.8 Å². The van der Waals surface area contributed by atoms with E-state index in [9.17, 15) is 13.2 Å². The summed E-state index contributed by atoms with van der Waals surface area (Å²) in [5.74, 6) is -0.574. The van der Waals surface area contributed by atoms with Crippen molar-refractivity contribution >= 4 is 16.0 Å². The Bertz CT molecular complexity index is 637. The van der Waals surface area contributed by atoms with Gasteiger partial charge in [-0.15, -0.1) is 0 Å². The predicted octanol–water partition coefficient (Wildman–Crippen LogP) is 1.45. The molecule has 118 valence electrons. The zero-order valence-corrected chi connectivity index (χ0v) is 13.5. The Morgan fingerprint density at radius 3 is 2.33 bits per heavy atom. The molecule has 0 aliphatic rings. The van der Waals surface area contributed by atoms with Crippen LogP contribution in [0.2, 0.25) is 0 Å². The molecule has 0 amide bonds. The standard InChI is InChI=1S/C14H21NO5S/c1-5-19-6-7-20-14(16)12-9(2)8-10(3)13(11(12)4)21(15,17)18/h8H,5-7H2,1-4H3,(H2,15,17,18). The van der Waals surface area contributed by atoms with Crippen molar-refractivity contribution in [3.63, 3.8) is 0 Å². The molecule has 7 heteroatoms. The molecule has 21 heavy (non-hydrogen) atoms. The maximum absolute atomic E-state index is 12.1. The van der Waals surface area contributed by atoms with Crippen molar-refractivity contribution in [1.82, 2.24) is 0 Å². The van der Waals surface area contributed by atoms with Crippen LogP contribution in [0.15, 0.2) is 11.0 Å². The Balaban J connectivity index is 3.16. The zero-order valence-electron chi connectivity index (χ0n) is 12.7. The van der Waals surface area contributed by atoms with Crippen LogP contribution in [-0.2, 0) is 19.5 Å². The number of benzene rings is 1. The lowest BCUT2D eigenvalue weighted by Crippen LogP contribution is -2.19. The van der Waals surface area contributed by atoms with E-state index in [1.165, 1.54) is 0 Å². The monoisotopic (exact) mass is 315 g/mol. The second-order valence-corrected chi connectivity index (χ2v) is 6.22. The van der Waals surface area contributed by atoms with Gasteiger partial charge in [0.25, 0.3) is 0 Å². The first kappa shape index (κ1) is 17.6. The van der Waals surface area contributed by atoms with Crippen molar-refractivity contribution in [3.05, 3.63) is 28.3 Å². The van der Waals surface area contributed by atoms with Gasteiger partial charge < -0.3 is 9.47 Å². The van der Waals surface area contributed by atoms with Gasteiger partial charge in [-0.2, -0.15) is 0 Å². The Kier molecular flexibility index (Phi) is 5.88. The summed E-state index contributed by atoms with van der Waals surface area (Å²) in [4.78, 5) is 12.1. The van der Waals surface area contributed by atoms with Crippen LogP contribution in [0, 0.1) is 20.8 Å². The molecule has 0 fully saturated rings. The number of esters is 1. The molecule has 6 nitrogen and oxygen atoms in total. The predicted molar refractivity (Wildman–Crippen MR) is 78.8 cm³/mol. The normalized spacial score (nSPS) is 11.5. The van der Waals surface area contributed by atoms with Gasteiger partial charge in [0.1, 0.15) is 6.61 Å². The van der Waals surface area contributed by atoms with Crippen molar-refractivity contribution in [2.75, 3.05) is 19.8 Å². The highest BCUT2D eigenvalue weighted by Crippen LogP contribution is 2.26. The zero-order chi connectivity index (χ0) is 16.2. The third kappa shape index (κ3) is 4.26. The molecular weight excluding hydrogens is 294 g/mol. The number of aryl methyl sites for hydroxylation is 2. The minimum Gasteiger partial charge on any atom is -0.460 e.